The second-order valence-corrected chi connectivity index (χ2v) is 5.16. The van der Waals surface area contributed by atoms with E-state index in [4.69, 9.17) is 4.42 Å². The number of fused-ring (bicyclic) bond motifs is 1. The Morgan fingerprint density at radius 3 is 3.15 bits per heavy atom. The van der Waals surface area contributed by atoms with E-state index in [1.807, 2.05) is 0 Å². The second-order valence-electron chi connectivity index (χ2n) is 5.16. The number of rotatable bonds is 3. The maximum Gasteiger partial charge on any atom is 0.419 e. The van der Waals surface area contributed by atoms with Crippen LogP contribution >= 0.6 is 0 Å². The lowest BCUT2D eigenvalue weighted by molar-refractivity contribution is -0.116. The zero-order valence-electron chi connectivity index (χ0n) is 11.3. The topological polar surface area (TPSA) is 76.3 Å². The lowest BCUT2D eigenvalue weighted by Gasteiger charge is -2.10. The zero-order chi connectivity index (χ0) is 14.1. The number of oxazole rings is 1. The standard InChI is InChI=1S/C14H17N3O3/c1-17-11-5-4-10(7-12(11)20-14(17)19)16-13(18)8-9-3-2-6-15-9/h4-5,7,9,15H,2-3,6,8H2,1H3,(H,16,18). The normalized spacial score (nSPS) is 18.6. The first-order valence-electron chi connectivity index (χ1n) is 6.76. The molecule has 0 bridgehead atoms. The van der Waals surface area contributed by atoms with Crippen LogP contribution in [0.15, 0.2) is 27.4 Å². The molecule has 1 aromatic heterocycles. The number of hydrogen-bond donors (Lipinski definition) is 2. The summed E-state index contributed by atoms with van der Waals surface area (Å²) in [6.45, 7) is 0.985. The van der Waals surface area contributed by atoms with Crippen molar-refractivity contribution in [1.82, 2.24) is 9.88 Å². The maximum absolute atomic E-state index is 11.9. The summed E-state index contributed by atoms with van der Waals surface area (Å²) in [6, 6.07) is 5.49. The van der Waals surface area contributed by atoms with E-state index in [-0.39, 0.29) is 11.9 Å². The van der Waals surface area contributed by atoms with E-state index in [9.17, 15) is 9.59 Å². The summed E-state index contributed by atoms with van der Waals surface area (Å²) in [4.78, 5) is 23.3. The Morgan fingerprint density at radius 1 is 1.55 bits per heavy atom. The van der Waals surface area contributed by atoms with E-state index in [1.54, 1.807) is 25.2 Å². The van der Waals surface area contributed by atoms with Crippen molar-refractivity contribution >= 4 is 22.7 Å². The van der Waals surface area contributed by atoms with Crippen molar-refractivity contribution in [3.05, 3.63) is 28.7 Å². The van der Waals surface area contributed by atoms with Gasteiger partial charge in [-0.15, -0.1) is 0 Å². The Labute approximate surface area is 115 Å². The number of nitrogens with zero attached hydrogens (tertiary/aromatic N) is 1. The third-order valence-corrected chi connectivity index (χ3v) is 3.67. The fourth-order valence-electron chi connectivity index (χ4n) is 2.58. The van der Waals surface area contributed by atoms with Gasteiger partial charge in [-0.1, -0.05) is 0 Å². The molecule has 2 N–H and O–H groups in total. The largest absolute Gasteiger partial charge is 0.419 e. The van der Waals surface area contributed by atoms with Crippen LogP contribution in [0.25, 0.3) is 11.1 Å². The Balaban J connectivity index is 1.73. The van der Waals surface area contributed by atoms with E-state index < -0.39 is 5.76 Å². The van der Waals surface area contributed by atoms with Gasteiger partial charge in [-0.3, -0.25) is 9.36 Å². The summed E-state index contributed by atoms with van der Waals surface area (Å²) >= 11 is 0. The van der Waals surface area contributed by atoms with Crippen molar-refractivity contribution in [1.29, 1.82) is 0 Å². The number of hydrogen-bond acceptors (Lipinski definition) is 4. The number of benzene rings is 1. The molecule has 0 radical (unpaired) electrons. The minimum Gasteiger partial charge on any atom is -0.408 e. The third-order valence-electron chi connectivity index (χ3n) is 3.67. The Hall–Kier alpha value is -2.08. The molecule has 1 fully saturated rings. The van der Waals surface area contributed by atoms with E-state index in [1.165, 1.54) is 4.57 Å². The molecule has 1 aliphatic heterocycles. The number of amides is 1. The van der Waals surface area contributed by atoms with Crippen LogP contribution in [-0.4, -0.2) is 23.1 Å². The van der Waals surface area contributed by atoms with Crippen LogP contribution in [-0.2, 0) is 11.8 Å². The maximum atomic E-state index is 11.9. The van der Waals surface area contributed by atoms with Gasteiger partial charge < -0.3 is 15.1 Å². The van der Waals surface area contributed by atoms with E-state index in [0.29, 0.717) is 23.2 Å². The van der Waals surface area contributed by atoms with Crippen molar-refractivity contribution in [3.63, 3.8) is 0 Å². The quantitative estimate of drug-likeness (QED) is 0.883. The van der Waals surface area contributed by atoms with Gasteiger partial charge in [-0.2, -0.15) is 0 Å². The molecule has 6 heteroatoms. The highest BCUT2D eigenvalue weighted by Gasteiger charge is 2.17. The average molecular weight is 275 g/mol. The van der Waals surface area contributed by atoms with Crippen LogP contribution < -0.4 is 16.4 Å². The molecule has 2 heterocycles. The first-order chi connectivity index (χ1) is 9.63. The molecule has 1 aliphatic rings. The number of aryl methyl sites for hydroxylation is 1. The smallest absolute Gasteiger partial charge is 0.408 e. The molecule has 20 heavy (non-hydrogen) atoms. The Kier molecular flexibility index (Phi) is 3.31. The lowest BCUT2D eigenvalue weighted by Crippen LogP contribution is -2.27. The summed E-state index contributed by atoms with van der Waals surface area (Å²) in [5.74, 6) is -0.430. The molecule has 6 nitrogen and oxygen atoms in total. The monoisotopic (exact) mass is 275 g/mol. The molecule has 1 aromatic carbocycles. The van der Waals surface area contributed by atoms with Crippen molar-refractivity contribution in [2.75, 3.05) is 11.9 Å². The zero-order valence-corrected chi connectivity index (χ0v) is 11.3. The van der Waals surface area contributed by atoms with Gasteiger partial charge in [0.15, 0.2) is 5.58 Å². The Morgan fingerprint density at radius 2 is 2.40 bits per heavy atom. The number of nitrogens with one attached hydrogen (secondary N) is 2. The van der Waals surface area contributed by atoms with Crippen molar-refractivity contribution in [2.24, 2.45) is 7.05 Å². The van der Waals surface area contributed by atoms with Crippen LogP contribution in [0.2, 0.25) is 0 Å². The molecular formula is C14H17N3O3. The van der Waals surface area contributed by atoms with Crippen molar-refractivity contribution in [2.45, 2.75) is 25.3 Å². The van der Waals surface area contributed by atoms with Crippen LogP contribution in [0, 0.1) is 0 Å². The van der Waals surface area contributed by atoms with Gasteiger partial charge >= 0.3 is 5.76 Å². The molecule has 1 amide bonds. The molecule has 1 unspecified atom stereocenters. The Bertz CT molecular complexity index is 695. The number of aromatic nitrogens is 1. The van der Waals surface area contributed by atoms with Gasteiger partial charge in [0.05, 0.1) is 5.52 Å². The highest BCUT2D eigenvalue weighted by molar-refractivity contribution is 5.93. The first kappa shape index (κ1) is 12.9. The minimum absolute atomic E-state index is 0.0259. The van der Waals surface area contributed by atoms with Crippen LogP contribution in [0.4, 0.5) is 5.69 Å². The van der Waals surface area contributed by atoms with Gasteiger partial charge in [-0.05, 0) is 31.5 Å². The van der Waals surface area contributed by atoms with Crippen molar-refractivity contribution in [3.8, 4) is 0 Å². The van der Waals surface area contributed by atoms with Gasteiger partial charge in [0, 0.05) is 31.3 Å². The SMILES string of the molecule is Cn1c(=O)oc2cc(NC(=O)CC3CCCN3)ccc21. The highest BCUT2D eigenvalue weighted by Crippen LogP contribution is 2.18. The van der Waals surface area contributed by atoms with Gasteiger partial charge in [0.25, 0.3) is 0 Å². The molecule has 1 saturated heterocycles. The fourth-order valence-corrected chi connectivity index (χ4v) is 2.58. The number of carbonyl (C=O) groups excluding carboxylic acids is 1. The van der Waals surface area contributed by atoms with Crippen LogP contribution in [0.3, 0.4) is 0 Å². The average Bonchev–Trinajstić information content (AvgIpc) is 2.99. The highest BCUT2D eigenvalue weighted by atomic mass is 16.4. The predicted octanol–water partition coefficient (Wildman–Crippen LogP) is 1.21. The fraction of sp³-hybridized carbons (Fsp3) is 0.429. The minimum atomic E-state index is -0.404. The van der Waals surface area contributed by atoms with Crippen LogP contribution in [0.5, 0.6) is 0 Å². The number of anilines is 1. The van der Waals surface area contributed by atoms with Gasteiger partial charge in [0.1, 0.15) is 0 Å². The molecule has 106 valence electrons. The molecular weight excluding hydrogens is 258 g/mol. The summed E-state index contributed by atoms with van der Waals surface area (Å²) in [6.07, 6.45) is 2.63. The summed E-state index contributed by atoms with van der Waals surface area (Å²) in [5, 5.41) is 6.13. The lowest BCUT2D eigenvalue weighted by atomic mass is 10.1. The molecule has 0 spiro atoms. The predicted molar refractivity (Wildman–Crippen MR) is 75.7 cm³/mol. The third kappa shape index (κ3) is 2.46. The van der Waals surface area contributed by atoms with E-state index in [2.05, 4.69) is 10.6 Å². The summed E-state index contributed by atoms with van der Waals surface area (Å²) < 4.78 is 6.53. The van der Waals surface area contributed by atoms with Gasteiger partial charge in [-0.25, -0.2) is 4.79 Å². The van der Waals surface area contributed by atoms with Crippen LogP contribution in [0.1, 0.15) is 19.3 Å². The first-order valence-corrected chi connectivity index (χ1v) is 6.76. The van der Waals surface area contributed by atoms with Gasteiger partial charge in [0.2, 0.25) is 5.91 Å². The van der Waals surface area contributed by atoms with E-state index in [0.717, 1.165) is 19.4 Å². The molecule has 1 atom stereocenters. The summed E-state index contributed by atoms with van der Waals surface area (Å²) in [5.41, 5.74) is 1.84. The molecule has 2 aromatic rings. The van der Waals surface area contributed by atoms with Crippen molar-refractivity contribution < 1.29 is 9.21 Å². The molecule has 0 saturated carbocycles. The number of carbonyl (C=O) groups is 1. The molecule has 0 aliphatic carbocycles. The summed E-state index contributed by atoms with van der Waals surface area (Å²) in [7, 11) is 1.65. The second kappa shape index (κ2) is 5.13. The van der Waals surface area contributed by atoms with E-state index >= 15 is 0 Å². The molecule has 3 rings (SSSR count).